The van der Waals surface area contributed by atoms with Gasteiger partial charge >= 0.3 is 0 Å². The zero-order chi connectivity index (χ0) is 29.0. The third-order valence-corrected chi connectivity index (χ3v) is 7.08. The molecule has 0 radical (unpaired) electrons. The van der Waals surface area contributed by atoms with Gasteiger partial charge in [0.15, 0.2) is 0 Å². The first-order valence-electron chi connectivity index (χ1n) is 12.4. The van der Waals surface area contributed by atoms with E-state index in [9.17, 15) is 0 Å². The molecule has 3 N–H and O–H groups in total. The summed E-state index contributed by atoms with van der Waals surface area (Å²) in [4.78, 5) is 0. The summed E-state index contributed by atoms with van der Waals surface area (Å²) in [5, 5.41) is 24.5. The van der Waals surface area contributed by atoms with Crippen LogP contribution in [0.3, 0.4) is 0 Å². The van der Waals surface area contributed by atoms with E-state index in [0.29, 0.717) is 19.8 Å². The van der Waals surface area contributed by atoms with E-state index in [-0.39, 0.29) is 0 Å². The van der Waals surface area contributed by atoms with Crippen molar-refractivity contribution in [1.29, 1.82) is 0 Å². The molecule has 0 heterocycles. The lowest BCUT2D eigenvalue weighted by Crippen LogP contribution is -1.92. The fourth-order valence-corrected chi connectivity index (χ4v) is 3.55. The van der Waals surface area contributed by atoms with Gasteiger partial charge in [0.05, 0.1) is 26.4 Å². The molecule has 5 nitrogen and oxygen atoms in total. The average Bonchev–Trinajstić information content (AvgIpc) is 2.92. The van der Waals surface area contributed by atoms with Gasteiger partial charge in [-0.2, -0.15) is 84.9 Å². The van der Waals surface area contributed by atoms with E-state index in [1.54, 1.807) is 42.4 Å². The summed E-state index contributed by atoms with van der Waals surface area (Å²) < 4.78 is 9.67. The number of aliphatic hydroxyl groups is 3. The molecule has 0 saturated heterocycles. The second-order valence-electron chi connectivity index (χ2n) is 5.82. The minimum Gasteiger partial charge on any atom is -0.396 e. The van der Waals surface area contributed by atoms with Gasteiger partial charge in [-0.1, -0.05) is 20.8 Å². The fourth-order valence-electron chi connectivity index (χ4n) is 1.23. The normalized spacial score (nSPS) is 9.00. The van der Waals surface area contributed by atoms with E-state index in [0.717, 1.165) is 78.7 Å². The van der Waals surface area contributed by atoms with Crippen molar-refractivity contribution in [2.45, 2.75) is 40.5 Å². The Balaban J connectivity index is -0.0000000750. The molecule has 0 aromatic heterocycles. The molecule has 36 heavy (non-hydrogen) atoms. The van der Waals surface area contributed by atoms with Crippen LogP contribution in [0.2, 0.25) is 0 Å². The van der Waals surface area contributed by atoms with E-state index in [2.05, 4.69) is 64.9 Å². The van der Waals surface area contributed by atoms with Crippen LogP contribution in [0, 0.1) is 0 Å². The van der Waals surface area contributed by atoms with Crippen LogP contribution in [0.4, 0.5) is 0 Å². The first-order chi connectivity index (χ1) is 17.5. The van der Waals surface area contributed by atoms with Crippen LogP contribution in [-0.4, -0.2) is 126 Å². The summed E-state index contributed by atoms with van der Waals surface area (Å²) in [5.74, 6) is 10.2. The zero-order valence-electron chi connectivity index (χ0n) is 23.9. The maximum absolute atomic E-state index is 8.18. The molecule has 0 unspecified atom stereocenters. The SMILES string of the molecule is CCOCCS.CCSCCO.CCSCCO.CCSCCS.COCCSC.OCCCCS. The number of thioether (sulfide) groups is 4. The van der Waals surface area contributed by atoms with Gasteiger partial charge in [0.1, 0.15) is 0 Å². The smallest absolute Gasteiger partial charge is 0.0554 e. The summed E-state index contributed by atoms with van der Waals surface area (Å²) >= 11 is 19.2. The predicted octanol–water partition coefficient (Wildman–Crippen LogP) is 5.77. The molecule has 0 saturated carbocycles. The van der Waals surface area contributed by atoms with Gasteiger partial charge in [-0.05, 0) is 54.8 Å². The molecule has 0 aromatic carbocycles. The van der Waals surface area contributed by atoms with Crippen LogP contribution in [0.5, 0.6) is 0 Å². The van der Waals surface area contributed by atoms with Crippen molar-refractivity contribution in [2.24, 2.45) is 0 Å². The first kappa shape index (κ1) is 51.0. The van der Waals surface area contributed by atoms with Gasteiger partial charge in [-0.15, -0.1) is 0 Å². The molecular formula is C24H60O5S7. The Hall–Kier alpha value is 2.25. The molecule has 0 aromatic rings. The molecule has 228 valence electrons. The summed E-state index contributed by atoms with van der Waals surface area (Å²) in [7, 11) is 1.72. The third-order valence-electron chi connectivity index (χ3n) is 2.82. The molecular weight excluding hydrogens is 593 g/mol. The number of ether oxygens (including phenoxy) is 2. The highest BCUT2D eigenvalue weighted by molar-refractivity contribution is 8.00. The van der Waals surface area contributed by atoms with E-state index in [4.69, 9.17) is 24.8 Å². The van der Waals surface area contributed by atoms with Crippen molar-refractivity contribution >= 4 is 84.9 Å². The maximum atomic E-state index is 8.18. The molecule has 0 aliphatic heterocycles. The quantitative estimate of drug-likeness (QED) is 0.0818. The molecule has 12 heteroatoms. The summed E-state index contributed by atoms with van der Waals surface area (Å²) in [5.41, 5.74) is 0. The zero-order valence-corrected chi connectivity index (χ0v) is 29.8. The minimum absolute atomic E-state index is 0.306. The van der Waals surface area contributed by atoms with E-state index in [1.807, 2.05) is 18.7 Å². The number of thiol groups is 3. The van der Waals surface area contributed by atoms with E-state index >= 15 is 0 Å². The molecule has 0 atom stereocenters. The number of rotatable bonds is 18. The molecule has 0 amide bonds. The summed E-state index contributed by atoms with van der Waals surface area (Å²) in [6, 6.07) is 0. The third kappa shape index (κ3) is 110. The Kier molecular flexibility index (Phi) is 101. The topological polar surface area (TPSA) is 79.2 Å². The molecule has 0 spiro atoms. The van der Waals surface area contributed by atoms with Crippen LogP contribution in [0.25, 0.3) is 0 Å². The van der Waals surface area contributed by atoms with Gasteiger partial charge in [0.25, 0.3) is 0 Å². The van der Waals surface area contributed by atoms with Crippen molar-refractivity contribution in [3.05, 3.63) is 0 Å². The number of hydrogen-bond acceptors (Lipinski definition) is 12. The monoisotopic (exact) mass is 652 g/mol. The summed E-state index contributed by atoms with van der Waals surface area (Å²) in [6.07, 6.45) is 3.99. The van der Waals surface area contributed by atoms with Crippen LogP contribution >= 0.6 is 84.9 Å². The molecule has 0 aliphatic rings. The predicted molar refractivity (Wildman–Crippen MR) is 188 cm³/mol. The molecule has 0 rings (SSSR count). The second kappa shape index (κ2) is 71.0. The lowest BCUT2D eigenvalue weighted by molar-refractivity contribution is 0.165. The molecule has 0 fully saturated rings. The number of methoxy groups -OCH3 is 1. The van der Waals surface area contributed by atoms with Gasteiger partial charge < -0.3 is 24.8 Å². The second-order valence-corrected chi connectivity index (χ2v) is 12.3. The van der Waals surface area contributed by atoms with Gasteiger partial charge in [0, 0.05) is 49.1 Å². The Morgan fingerprint density at radius 2 is 1.11 bits per heavy atom. The Morgan fingerprint density at radius 1 is 0.611 bits per heavy atom. The van der Waals surface area contributed by atoms with Gasteiger partial charge in [-0.25, -0.2) is 0 Å². The molecule has 0 aliphatic carbocycles. The van der Waals surface area contributed by atoms with Crippen molar-refractivity contribution in [1.82, 2.24) is 0 Å². The largest absolute Gasteiger partial charge is 0.396 e. The van der Waals surface area contributed by atoms with Crippen LogP contribution in [0.1, 0.15) is 40.5 Å². The van der Waals surface area contributed by atoms with Crippen molar-refractivity contribution in [3.8, 4) is 0 Å². The number of aliphatic hydroxyl groups excluding tert-OH is 3. The lowest BCUT2D eigenvalue weighted by Gasteiger charge is -1.91. The highest BCUT2D eigenvalue weighted by Gasteiger charge is 1.78. The highest BCUT2D eigenvalue weighted by atomic mass is 32.2. The lowest BCUT2D eigenvalue weighted by atomic mass is 10.4. The molecule has 0 bridgehead atoms. The van der Waals surface area contributed by atoms with Crippen molar-refractivity contribution in [2.75, 3.05) is 111 Å². The van der Waals surface area contributed by atoms with Crippen LogP contribution < -0.4 is 0 Å². The Bertz CT molecular complexity index is 179. The minimum atomic E-state index is 0.306. The van der Waals surface area contributed by atoms with E-state index in [1.165, 1.54) is 11.5 Å². The number of unbranched alkanes of at least 4 members (excludes halogenated alkanes) is 1. The van der Waals surface area contributed by atoms with Gasteiger partial charge in [-0.3, -0.25) is 0 Å². The standard InChI is InChI=1S/5C4H10OS.C4H10S2/c1-5-3-4-6-2;2*1-2-6-4-3-5;1-2-5-3-4-6;5-3-1-2-4-6;1-2-6-4-3-5/h3-4H2,1-2H3;2*5H,2-4H2,1H3;6H,2-4H2,1H3;5-6H,1-4H2;5H,2-4H2,1H3. The van der Waals surface area contributed by atoms with Crippen LogP contribution in [-0.2, 0) is 9.47 Å². The average molecular weight is 653 g/mol. The Morgan fingerprint density at radius 3 is 1.25 bits per heavy atom. The van der Waals surface area contributed by atoms with Crippen LogP contribution in [0.15, 0.2) is 0 Å². The first-order valence-corrected chi connectivity index (χ1v) is 19.2. The van der Waals surface area contributed by atoms with Crippen molar-refractivity contribution < 1.29 is 24.8 Å². The summed E-state index contributed by atoms with van der Waals surface area (Å²) in [6.45, 7) is 11.7. The highest BCUT2D eigenvalue weighted by Crippen LogP contribution is 1.97. The Labute approximate surface area is 259 Å². The fraction of sp³-hybridized carbons (Fsp3) is 1.00. The van der Waals surface area contributed by atoms with Gasteiger partial charge in [0.2, 0.25) is 0 Å². The van der Waals surface area contributed by atoms with Crippen molar-refractivity contribution in [3.63, 3.8) is 0 Å². The maximum Gasteiger partial charge on any atom is 0.0554 e. The van der Waals surface area contributed by atoms with E-state index < -0.39 is 0 Å². The number of hydrogen-bond donors (Lipinski definition) is 6.